The fourth-order valence-corrected chi connectivity index (χ4v) is 4.32. The van der Waals surface area contributed by atoms with E-state index in [0.29, 0.717) is 23.7 Å². The molecular weight excluding hydrogens is 414 g/mol. The molecule has 2 heterocycles. The first-order valence-corrected chi connectivity index (χ1v) is 10.9. The molecule has 2 fully saturated rings. The molecule has 0 unspecified atom stereocenters. The number of hydrogen-bond donors (Lipinski definition) is 2. The molecule has 3 aromatic rings. The molecule has 7 nitrogen and oxygen atoms in total. The van der Waals surface area contributed by atoms with Gasteiger partial charge in [0.25, 0.3) is 0 Å². The molecule has 0 atom stereocenters. The standard InChI is InChI=1S/C23H26F2N6O/c1-15-8-16(27-18-11-20(12-18)30-4-6-32-7-5-30)10-17(9-15)28-23-26-14-31(29-23)19-2-3-21(24)22(25)13-19/h2-3,8-10,13-14,18,20,27H,4-7,11-12H2,1H3,(H,28,29). The Hall–Kier alpha value is -3.04. The Balaban J connectivity index is 1.22. The van der Waals surface area contributed by atoms with Gasteiger partial charge in [0.05, 0.1) is 18.9 Å². The second kappa shape index (κ2) is 8.84. The van der Waals surface area contributed by atoms with E-state index in [9.17, 15) is 8.78 Å². The van der Waals surface area contributed by atoms with E-state index in [4.69, 9.17) is 4.74 Å². The van der Waals surface area contributed by atoms with Crippen molar-refractivity contribution in [1.82, 2.24) is 19.7 Å². The molecule has 168 valence electrons. The third kappa shape index (κ3) is 4.58. The Morgan fingerprint density at radius 2 is 1.78 bits per heavy atom. The van der Waals surface area contributed by atoms with E-state index >= 15 is 0 Å². The summed E-state index contributed by atoms with van der Waals surface area (Å²) >= 11 is 0. The van der Waals surface area contributed by atoms with Crippen LogP contribution in [0, 0.1) is 18.6 Å². The molecule has 2 aliphatic rings. The minimum absolute atomic E-state index is 0.377. The van der Waals surface area contributed by atoms with Gasteiger partial charge >= 0.3 is 0 Å². The molecule has 9 heteroatoms. The molecule has 1 saturated heterocycles. The van der Waals surface area contributed by atoms with Crippen molar-refractivity contribution >= 4 is 17.3 Å². The van der Waals surface area contributed by atoms with Gasteiger partial charge in [-0.05, 0) is 55.7 Å². The van der Waals surface area contributed by atoms with Crippen LogP contribution < -0.4 is 10.6 Å². The Morgan fingerprint density at radius 3 is 2.56 bits per heavy atom. The zero-order chi connectivity index (χ0) is 22.1. The lowest BCUT2D eigenvalue weighted by Crippen LogP contribution is -2.53. The highest BCUT2D eigenvalue weighted by Gasteiger charge is 2.34. The highest BCUT2D eigenvalue weighted by atomic mass is 19.2. The van der Waals surface area contributed by atoms with Gasteiger partial charge in [-0.2, -0.15) is 4.98 Å². The molecular formula is C23H26F2N6O. The van der Waals surface area contributed by atoms with Crippen molar-refractivity contribution in [3.63, 3.8) is 0 Å². The van der Waals surface area contributed by atoms with E-state index in [2.05, 4.69) is 31.7 Å². The number of aromatic nitrogens is 3. The number of halogens is 2. The van der Waals surface area contributed by atoms with E-state index in [0.717, 1.165) is 68.2 Å². The predicted octanol–water partition coefficient (Wildman–Crippen LogP) is 3.87. The molecule has 0 bridgehead atoms. The van der Waals surface area contributed by atoms with Crippen LogP contribution in [-0.2, 0) is 4.74 Å². The van der Waals surface area contributed by atoms with Crippen LogP contribution in [0.4, 0.5) is 26.1 Å². The van der Waals surface area contributed by atoms with Crippen molar-refractivity contribution in [2.24, 2.45) is 0 Å². The number of anilines is 3. The fraction of sp³-hybridized carbons (Fsp3) is 0.391. The van der Waals surface area contributed by atoms with Gasteiger partial charge < -0.3 is 15.4 Å². The first-order chi connectivity index (χ1) is 15.5. The summed E-state index contributed by atoms with van der Waals surface area (Å²) < 4.78 is 33.5. The van der Waals surface area contributed by atoms with Gasteiger partial charge in [0.15, 0.2) is 11.6 Å². The summed E-state index contributed by atoms with van der Waals surface area (Å²) in [4.78, 5) is 6.77. The van der Waals surface area contributed by atoms with Crippen LogP contribution in [0.25, 0.3) is 5.69 Å². The maximum Gasteiger partial charge on any atom is 0.246 e. The van der Waals surface area contributed by atoms with Gasteiger partial charge in [-0.1, -0.05) is 0 Å². The molecule has 5 rings (SSSR count). The van der Waals surface area contributed by atoms with Crippen LogP contribution in [0.1, 0.15) is 18.4 Å². The number of benzene rings is 2. The predicted molar refractivity (Wildman–Crippen MR) is 119 cm³/mol. The van der Waals surface area contributed by atoms with Crippen molar-refractivity contribution in [2.75, 3.05) is 36.9 Å². The molecule has 32 heavy (non-hydrogen) atoms. The average molecular weight is 440 g/mol. The number of ether oxygens (including phenoxy) is 1. The lowest BCUT2D eigenvalue weighted by Gasteiger charge is -2.45. The van der Waals surface area contributed by atoms with Crippen LogP contribution in [0.2, 0.25) is 0 Å². The second-order valence-electron chi connectivity index (χ2n) is 8.44. The molecule has 0 spiro atoms. The van der Waals surface area contributed by atoms with Crippen molar-refractivity contribution < 1.29 is 13.5 Å². The zero-order valence-electron chi connectivity index (χ0n) is 17.9. The number of rotatable bonds is 6. The van der Waals surface area contributed by atoms with E-state index < -0.39 is 11.6 Å². The van der Waals surface area contributed by atoms with Crippen LogP contribution in [-0.4, -0.2) is 58.1 Å². The van der Waals surface area contributed by atoms with E-state index in [1.807, 2.05) is 19.1 Å². The largest absolute Gasteiger partial charge is 0.382 e. The van der Waals surface area contributed by atoms with Crippen LogP contribution in [0.15, 0.2) is 42.7 Å². The van der Waals surface area contributed by atoms with Gasteiger partial charge in [-0.15, -0.1) is 5.10 Å². The van der Waals surface area contributed by atoms with Crippen LogP contribution >= 0.6 is 0 Å². The Labute approximate surface area is 185 Å². The van der Waals surface area contributed by atoms with Gasteiger partial charge in [-0.3, -0.25) is 4.90 Å². The summed E-state index contributed by atoms with van der Waals surface area (Å²) in [6.45, 7) is 5.77. The highest BCUT2D eigenvalue weighted by Crippen LogP contribution is 2.30. The van der Waals surface area contributed by atoms with Crippen molar-refractivity contribution in [2.45, 2.75) is 31.8 Å². The van der Waals surface area contributed by atoms with Crippen molar-refractivity contribution in [3.05, 3.63) is 59.9 Å². The highest BCUT2D eigenvalue weighted by molar-refractivity contribution is 5.63. The summed E-state index contributed by atoms with van der Waals surface area (Å²) in [5, 5.41) is 11.2. The Bertz CT molecular complexity index is 1090. The lowest BCUT2D eigenvalue weighted by atomic mass is 9.85. The third-order valence-electron chi connectivity index (χ3n) is 6.04. The topological polar surface area (TPSA) is 67.2 Å². The quantitative estimate of drug-likeness (QED) is 0.607. The molecule has 2 aromatic carbocycles. The van der Waals surface area contributed by atoms with Gasteiger partial charge in [0.2, 0.25) is 5.95 Å². The SMILES string of the molecule is Cc1cc(Nc2ncn(-c3ccc(F)c(F)c3)n2)cc(NC2CC(N3CCOCC3)C2)c1. The minimum Gasteiger partial charge on any atom is -0.382 e. The number of morpholine rings is 1. The Morgan fingerprint density at radius 1 is 1.00 bits per heavy atom. The molecule has 0 radical (unpaired) electrons. The van der Waals surface area contributed by atoms with Gasteiger partial charge in [0, 0.05) is 42.6 Å². The summed E-state index contributed by atoms with van der Waals surface area (Å²) in [6.07, 6.45) is 3.73. The van der Waals surface area contributed by atoms with Crippen LogP contribution in [0.3, 0.4) is 0 Å². The summed E-state index contributed by atoms with van der Waals surface area (Å²) in [5.74, 6) is -1.44. The molecule has 0 amide bonds. The molecule has 2 N–H and O–H groups in total. The second-order valence-corrected chi connectivity index (χ2v) is 8.44. The number of aryl methyl sites for hydroxylation is 1. The number of nitrogens with zero attached hydrogens (tertiary/aromatic N) is 4. The van der Waals surface area contributed by atoms with Crippen LogP contribution in [0.5, 0.6) is 0 Å². The zero-order valence-corrected chi connectivity index (χ0v) is 17.9. The monoisotopic (exact) mass is 440 g/mol. The molecule has 1 aliphatic carbocycles. The first kappa shape index (κ1) is 20.8. The maximum atomic E-state index is 13.5. The summed E-state index contributed by atoms with van der Waals surface area (Å²) in [7, 11) is 0. The third-order valence-corrected chi connectivity index (χ3v) is 6.04. The van der Waals surface area contributed by atoms with Gasteiger partial charge in [-0.25, -0.2) is 13.5 Å². The first-order valence-electron chi connectivity index (χ1n) is 10.9. The molecule has 1 aromatic heterocycles. The van der Waals surface area contributed by atoms with Crippen molar-refractivity contribution in [1.29, 1.82) is 0 Å². The normalized spacial score (nSPS) is 21.2. The van der Waals surface area contributed by atoms with Gasteiger partial charge in [0.1, 0.15) is 6.33 Å². The number of nitrogens with one attached hydrogen (secondary N) is 2. The van der Waals surface area contributed by atoms with E-state index in [1.54, 1.807) is 0 Å². The molecule has 1 aliphatic heterocycles. The van der Waals surface area contributed by atoms with Crippen molar-refractivity contribution in [3.8, 4) is 5.69 Å². The number of hydrogen-bond acceptors (Lipinski definition) is 6. The average Bonchev–Trinajstić information content (AvgIpc) is 3.21. The summed E-state index contributed by atoms with van der Waals surface area (Å²) in [5.41, 5.74) is 3.43. The fourth-order valence-electron chi connectivity index (χ4n) is 4.32. The van der Waals surface area contributed by atoms with E-state index in [-0.39, 0.29) is 0 Å². The minimum atomic E-state index is -0.922. The summed E-state index contributed by atoms with van der Waals surface area (Å²) in [6, 6.07) is 10.9. The molecule has 1 saturated carbocycles. The van der Waals surface area contributed by atoms with E-state index in [1.165, 1.54) is 17.1 Å². The Kier molecular flexibility index (Phi) is 5.75. The maximum absolute atomic E-state index is 13.5. The smallest absolute Gasteiger partial charge is 0.246 e. The lowest BCUT2D eigenvalue weighted by molar-refractivity contribution is -0.00436.